The van der Waals surface area contributed by atoms with Gasteiger partial charge in [0.1, 0.15) is 12.9 Å². The maximum absolute atomic E-state index is 11.7. The van der Waals surface area contributed by atoms with E-state index in [1.807, 2.05) is 0 Å². The van der Waals surface area contributed by atoms with Crippen LogP contribution in [0.2, 0.25) is 0 Å². The van der Waals surface area contributed by atoms with Gasteiger partial charge in [0.25, 0.3) is 0 Å². The Morgan fingerprint density at radius 3 is 2.96 bits per heavy atom. The number of aromatic nitrogens is 5. The zero-order chi connectivity index (χ0) is 17.2. The molecule has 2 aromatic heterocycles. The Balaban J connectivity index is 1.67. The number of nitrogens with one attached hydrogen (secondary N) is 1. The van der Waals surface area contributed by atoms with Crippen LogP contribution in [0, 0.1) is 0 Å². The summed E-state index contributed by atoms with van der Waals surface area (Å²) < 4.78 is 7.81. The average molecular weight is 334 g/mol. The second-order valence-corrected chi connectivity index (χ2v) is 5.30. The highest BCUT2D eigenvalue weighted by Gasteiger charge is 2.08. The van der Waals surface area contributed by atoms with E-state index in [1.54, 1.807) is 6.20 Å². The number of unbranched alkanes of at least 4 members (excludes halogenated alkanes) is 2. The maximum Gasteiger partial charge on any atom is 0.419 e. The molecular formula is C15H22N6O3. The Bertz CT molecular complexity index is 637. The third-order valence-electron chi connectivity index (χ3n) is 3.29. The lowest BCUT2D eigenvalue weighted by Gasteiger charge is -2.04. The minimum atomic E-state index is -0.494. The summed E-state index contributed by atoms with van der Waals surface area (Å²) in [7, 11) is 0. The van der Waals surface area contributed by atoms with Gasteiger partial charge in [0.2, 0.25) is 5.91 Å². The van der Waals surface area contributed by atoms with Gasteiger partial charge in [-0.1, -0.05) is 25.0 Å². The zero-order valence-electron chi connectivity index (χ0n) is 13.7. The van der Waals surface area contributed by atoms with Crippen molar-refractivity contribution in [1.82, 2.24) is 29.9 Å². The molecule has 0 aliphatic carbocycles. The van der Waals surface area contributed by atoms with Gasteiger partial charge in [0, 0.05) is 31.6 Å². The fourth-order valence-corrected chi connectivity index (χ4v) is 2.02. The quantitative estimate of drug-likeness (QED) is 0.686. The molecule has 130 valence electrons. The third kappa shape index (κ3) is 5.82. The van der Waals surface area contributed by atoms with Crippen LogP contribution in [-0.4, -0.2) is 49.7 Å². The summed E-state index contributed by atoms with van der Waals surface area (Å²) in [4.78, 5) is 27.1. The first-order chi connectivity index (χ1) is 11.7. The molecule has 2 aromatic rings. The summed E-state index contributed by atoms with van der Waals surface area (Å²) in [5.74, 6) is -0.0888. The number of hydrogen-bond donors (Lipinski definition) is 1. The molecule has 0 saturated heterocycles. The van der Waals surface area contributed by atoms with Crippen LogP contribution in [0.3, 0.4) is 0 Å². The predicted octanol–water partition coefficient (Wildman–Crippen LogP) is 1.01. The van der Waals surface area contributed by atoms with Gasteiger partial charge >= 0.3 is 6.09 Å². The van der Waals surface area contributed by atoms with E-state index >= 15 is 0 Å². The Morgan fingerprint density at radius 2 is 2.21 bits per heavy atom. The molecule has 0 radical (unpaired) electrons. The number of ether oxygens (including phenoxy) is 1. The van der Waals surface area contributed by atoms with Gasteiger partial charge < -0.3 is 10.1 Å². The van der Waals surface area contributed by atoms with Crippen LogP contribution in [0.15, 0.2) is 24.9 Å². The van der Waals surface area contributed by atoms with Crippen LogP contribution in [0.25, 0.3) is 0 Å². The highest BCUT2D eigenvalue weighted by molar-refractivity contribution is 5.75. The highest BCUT2D eigenvalue weighted by Crippen LogP contribution is 1.98. The molecule has 2 rings (SSSR count). The lowest BCUT2D eigenvalue weighted by atomic mass is 10.2. The summed E-state index contributed by atoms with van der Waals surface area (Å²) in [6.07, 6.45) is 9.20. The molecule has 0 aromatic carbocycles. The van der Waals surface area contributed by atoms with Crippen molar-refractivity contribution in [3.63, 3.8) is 0 Å². The summed E-state index contributed by atoms with van der Waals surface area (Å²) >= 11 is 0. The molecule has 0 aliphatic heterocycles. The van der Waals surface area contributed by atoms with Crippen molar-refractivity contribution in [3.8, 4) is 0 Å². The molecule has 0 spiro atoms. The summed E-state index contributed by atoms with van der Waals surface area (Å²) in [5, 5.41) is 10.7. The fourth-order valence-electron chi connectivity index (χ4n) is 2.02. The van der Waals surface area contributed by atoms with Crippen LogP contribution >= 0.6 is 0 Å². The largest absolute Gasteiger partial charge is 0.448 e. The van der Waals surface area contributed by atoms with Gasteiger partial charge in [-0.15, -0.1) is 5.10 Å². The fraction of sp³-hybridized carbons (Fsp3) is 0.533. The minimum absolute atomic E-state index is 0.0888. The van der Waals surface area contributed by atoms with E-state index in [1.165, 1.54) is 28.0 Å². The number of carbonyl (C=O) groups is 2. The molecule has 0 aliphatic rings. The number of imidazole rings is 1. The molecule has 1 N–H and O–H groups in total. The highest BCUT2D eigenvalue weighted by atomic mass is 16.5. The molecule has 0 unspecified atom stereocenters. The van der Waals surface area contributed by atoms with Crippen molar-refractivity contribution in [2.75, 3.05) is 13.2 Å². The van der Waals surface area contributed by atoms with Gasteiger partial charge in [-0.2, -0.15) is 0 Å². The second-order valence-electron chi connectivity index (χ2n) is 5.30. The smallest absolute Gasteiger partial charge is 0.419 e. The monoisotopic (exact) mass is 334 g/mol. The van der Waals surface area contributed by atoms with Crippen LogP contribution in [-0.2, 0) is 22.5 Å². The molecule has 9 heteroatoms. The third-order valence-corrected chi connectivity index (χ3v) is 3.29. The van der Waals surface area contributed by atoms with Crippen molar-refractivity contribution in [2.24, 2.45) is 0 Å². The number of hydrogen-bond acceptors (Lipinski definition) is 6. The van der Waals surface area contributed by atoms with E-state index in [9.17, 15) is 9.59 Å². The summed E-state index contributed by atoms with van der Waals surface area (Å²) in [6, 6.07) is 0. The predicted molar refractivity (Wildman–Crippen MR) is 85.2 cm³/mol. The minimum Gasteiger partial charge on any atom is -0.448 e. The van der Waals surface area contributed by atoms with Crippen LogP contribution < -0.4 is 5.32 Å². The average Bonchev–Trinajstić information content (AvgIpc) is 3.23. The van der Waals surface area contributed by atoms with E-state index in [0.29, 0.717) is 18.7 Å². The van der Waals surface area contributed by atoms with E-state index in [0.717, 1.165) is 19.3 Å². The van der Waals surface area contributed by atoms with Crippen molar-refractivity contribution in [3.05, 3.63) is 30.6 Å². The van der Waals surface area contributed by atoms with Crippen molar-refractivity contribution < 1.29 is 14.3 Å². The Morgan fingerprint density at radius 1 is 1.33 bits per heavy atom. The Labute approximate surface area is 140 Å². The van der Waals surface area contributed by atoms with Crippen molar-refractivity contribution >= 4 is 12.0 Å². The molecule has 0 atom stereocenters. The molecule has 24 heavy (non-hydrogen) atoms. The molecule has 2 heterocycles. The van der Waals surface area contributed by atoms with Crippen LogP contribution in [0.4, 0.5) is 4.79 Å². The van der Waals surface area contributed by atoms with E-state index in [4.69, 9.17) is 4.74 Å². The van der Waals surface area contributed by atoms with Gasteiger partial charge in [0.05, 0.1) is 12.3 Å². The molecule has 0 saturated carbocycles. The van der Waals surface area contributed by atoms with E-state index < -0.39 is 6.09 Å². The van der Waals surface area contributed by atoms with Crippen molar-refractivity contribution in [1.29, 1.82) is 0 Å². The SMILES string of the molecule is CCCCCNC(=O)Cn1cc(CCOC(=O)n2ccnc2)nn1. The number of rotatable bonds is 9. The zero-order valence-corrected chi connectivity index (χ0v) is 13.7. The number of nitrogens with zero attached hydrogens (tertiary/aromatic N) is 5. The first-order valence-electron chi connectivity index (χ1n) is 8.00. The van der Waals surface area contributed by atoms with E-state index in [-0.39, 0.29) is 19.1 Å². The molecule has 1 amide bonds. The Hall–Kier alpha value is -2.71. The van der Waals surface area contributed by atoms with Crippen LogP contribution in [0.1, 0.15) is 31.9 Å². The molecule has 0 fully saturated rings. The summed E-state index contributed by atoms with van der Waals surface area (Å²) in [5.41, 5.74) is 0.659. The molecule has 0 bridgehead atoms. The van der Waals surface area contributed by atoms with Gasteiger partial charge in [-0.25, -0.2) is 19.0 Å². The Kier molecular flexibility index (Phi) is 6.93. The topological polar surface area (TPSA) is 104 Å². The number of carbonyl (C=O) groups excluding carboxylic acids is 2. The normalized spacial score (nSPS) is 10.5. The van der Waals surface area contributed by atoms with Crippen LogP contribution in [0.5, 0.6) is 0 Å². The van der Waals surface area contributed by atoms with Gasteiger partial charge in [0.15, 0.2) is 0 Å². The first kappa shape index (κ1) is 17.6. The number of amides is 1. The lowest BCUT2D eigenvalue weighted by Crippen LogP contribution is -2.28. The first-order valence-corrected chi connectivity index (χ1v) is 8.00. The maximum atomic E-state index is 11.7. The summed E-state index contributed by atoms with van der Waals surface area (Å²) in [6.45, 7) is 3.11. The molecule has 9 nitrogen and oxygen atoms in total. The van der Waals surface area contributed by atoms with Crippen molar-refractivity contribution in [2.45, 2.75) is 39.2 Å². The van der Waals surface area contributed by atoms with Gasteiger partial charge in [-0.05, 0) is 6.42 Å². The standard InChI is InChI=1S/C15H22N6O3/c1-2-3-4-6-17-14(22)11-21-10-13(18-19-21)5-9-24-15(23)20-8-7-16-12-20/h7-8,10,12H,2-6,9,11H2,1H3,(H,17,22). The molecular weight excluding hydrogens is 312 g/mol. The van der Waals surface area contributed by atoms with E-state index in [2.05, 4.69) is 27.5 Å². The second kappa shape index (κ2) is 9.43. The lowest BCUT2D eigenvalue weighted by molar-refractivity contribution is -0.121. The van der Waals surface area contributed by atoms with Gasteiger partial charge in [-0.3, -0.25) is 4.79 Å².